The molecule has 102 valence electrons. The number of hydrogen-bond acceptors (Lipinski definition) is 2. The zero-order valence-electron chi connectivity index (χ0n) is 10.5. The molecule has 1 aromatic heterocycles. The van der Waals surface area contributed by atoms with Crippen molar-refractivity contribution in [2.75, 3.05) is 5.32 Å². The number of carbonyl (C=O) groups is 2. The van der Waals surface area contributed by atoms with E-state index in [2.05, 4.69) is 5.32 Å². The molecular formula is C14H13FN3O2+. The first kappa shape index (κ1) is 13.7. The quantitative estimate of drug-likeness (QED) is 0.811. The van der Waals surface area contributed by atoms with Crippen LogP contribution in [0.2, 0.25) is 0 Å². The Balaban J connectivity index is 2.02. The third-order valence-electron chi connectivity index (χ3n) is 2.60. The summed E-state index contributed by atoms with van der Waals surface area (Å²) >= 11 is 0. The molecule has 2 aromatic rings. The molecule has 1 heterocycles. The van der Waals surface area contributed by atoms with E-state index in [0.717, 1.165) is 0 Å². The third-order valence-corrected chi connectivity index (χ3v) is 2.60. The summed E-state index contributed by atoms with van der Waals surface area (Å²) in [6.45, 7) is 0.0263. The number of primary amides is 1. The van der Waals surface area contributed by atoms with Crippen molar-refractivity contribution in [1.82, 2.24) is 0 Å². The van der Waals surface area contributed by atoms with Crippen LogP contribution in [0.25, 0.3) is 0 Å². The topological polar surface area (TPSA) is 76.1 Å². The van der Waals surface area contributed by atoms with Crippen molar-refractivity contribution < 1.29 is 18.5 Å². The molecule has 0 aliphatic heterocycles. The molecule has 0 saturated heterocycles. The Bertz CT molecular complexity index is 641. The summed E-state index contributed by atoms with van der Waals surface area (Å²) in [5, 5.41) is 2.62. The number of anilines is 1. The first-order valence-corrected chi connectivity index (χ1v) is 5.89. The number of nitrogens with one attached hydrogen (secondary N) is 1. The van der Waals surface area contributed by atoms with E-state index >= 15 is 0 Å². The van der Waals surface area contributed by atoms with Crippen LogP contribution in [-0.4, -0.2) is 11.8 Å². The number of carbonyl (C=O) groups excluding carboxylic acids is 2. The highest BCUT2D eigenvalue weighted by Gasteiger charge is 2.12. The summed E-state index contributed by atoms with van der Waals surface area (Å²) in [5.74, 6) is -1.21. The molecule has 0 aliphatic carbocycles. The van der Waals surface area contributed by atoms with Crippen molar-refractivity contribution in [1.29, 1.82) is 0 Å². The molecule has 2 rings (SSSR count). The molecule has 3 N–H and O–H groups in total. The molecule has 0 spiro atoms. The average Bonchev–Trinajstić information content (AvgIpc) is 2.41. The number of aromatic nitrogens is 1. The number of halogens is 1. The van der Waals surface area contributed by atoms with Gasteiger partial charge in [0, 0.05) is 11.8 Å². The smallest absolute Gasteiger partial charge is 0.290 e. The molecule has 0 fully saturated rings. The van der Waals surface area contributed by atoms with E-state index in [-0.39, 0.29) is 18.3 Å². The van der Waals surface area contributed by atoms with E-state index in [1.54, 1.807) is 22.9 Å². The molecule has 0 unspecified atom stereocenters. The Kier molecular flexibility index (Phi) is 4.05. The van der Waals surface area contributed by atoms with E-state index in [4.69, 9.17) is 5.73 Å². The van der Waals surface area contributed by atoms with Crippen LogP contribution in [0.4, 0.5) is 10.1 Å². The predicted octanol–water partition coefficient (Wildman–Crippen LogP) is 0.851. The Labute approximate surface area is 114 Å². The highest BCUT2D eigenvalue weighted by Crippen LogP contribution is 2.07. The zero-order valence-corrected chi connectivity index (χ0v) is 10.5. The summed E-state index contributed by atoms with van der Waals surface area (Å²) in [5.41, 5.74) is 5.99. The number of rotatable bonds is 4. The van der Waals surface area contributed by atoms with Crippen LogP contribution in [0.15, 0.2) is 48.8 Å². The van der Waals surface area contributed by atoms with Crippen LogP contribution in [0.3, 0.4) is 0 Å². The van der Waals surface area contributed by atoms with E-state index in [9.17, 15) is 14.0 Å². The van der Waals surface area contributed by atoms with Crippen molar-refractivity contribution in [2.45, 2.75) is 6.54 Å². The number of amides is 2. The number of pyridine rings is 1. The summed E-state index contributed by atoms with van der Waals surface area (Å²) in [7, 11) is 0. The van der Waals surface area contributed by atoms with Crippen molar-refractivity contribution in [3.05, 3.63) is 60.2 Å². The summed E-state index contributed by atoms with van der Waals surface area (Å²) in [4.78, 5) is 22.8. The van der Waals surface area contributed by atoms with Crippen LogP contribution in [0.5, 0.6) is 0 Å². The first-order chi connectivity index (χ1) is 9.54. The fraction of sp³-hybridized carbons (Fsp3) is 0.0714. The molecular weight excluding hydrogens is 261 g/mol. The molecule has 0 aliphatic rings. The molecule has 1 aromatic carbocycles. The number of hydrogen-bond donors (Lipinski definition) is 2. The maximum atomic E-state index is 12.7. The normalized spacial score (nSPS) is 10.1. The van der Waals surface area contributed by atoms with Gasteiger partial charge in [-0.15, -0.1) is 0 Å². The van der Waals surface area contributed by atoms with Gasteiger partial charge in [-0.3, -0.25) is 9.59 Å². The lowest BCUT2D eigenvalue weighted by molar-refractivity contribution is -0.684. The zero-order chi connectivity index (χ0) is 14.5. The minimum atomic E-state index is -0.557. The molecule has 6 heteroatoms. The molecule has 0 bridgehead atoms. The van der Waals surface area contributed by atoms with Gasteiger partial charge in [0.2, 0.25) is 6.54 Å². The van der Waals surface area contributed by atoms with Gasteiger partial charge >= 0.3 is 0 Å². The van der Waals surface area contributed by atoms with Gasteiger partial charge in [-0.05, 0) is 30.3 Å². The summed E-state index contributed by atoms with van der Waals surface area (Å²) in [6.07, 6.45) is 3.14. The Morgan fingerprint density at radius 2 is 1.90 bits per heavy atom. The lowest BCUT2D eigenvalue weighted by Crippen LogP contribution is -2.40. The van der Waals surface area contributed by atoms with Crippen LogP contribution in [0.1, 0.15) is 10.4 Å². The fourth-order valence-electron chi connectivity index (χ4n) is 1.67. The first-order valence-electron chi connectivity index (χ1n) is 5.89. The summed E-state index contributed by atoms with van der Waals surface area (Å²) < 4.78 is 14.3. The standard InChI is InChI=1S/C14H12FN3O2/c15-11-3-5-12(6-4-11)17-13(19)9-18-7-1-2-10(8-18)14(16)20/h1-8H,9H2,(H2-,16,17,19,20)/p+1. The highest BCUT2D eigenvalue weighted by atomic mass is 19.1. The lowest BCUT2D eigenvalue weighted by atomic mass is 10.2. The van der Waals surface area contributed by atoms with E-state index in [1.165, 1.54) is 30.5 Å². The van der Waals surface area contributed by atoms with Crippen molar-refractivity contribution in [3.8, 4) is 0 Å². The van der Waals surface area contributed by atoms with Gasteiger partial charge in [0.1, 0.15) is 11.4 Å². The third kappa shape index (κ3) is 3.61. The van der Waals surface area contributed by atoms with Crippen molar-refractivity contribution in [3.63, 3.8) is 0 Å². The van der Waals surface area contributed by atoms with Gasteiger partial charge in [0.05, 0.1) is 0 Å². The number of benzene rings is 1. The number of nitrogens with zero attached hydrogens (tertiary/aromatic N) is 1. The van der Waals surface area contributed by atoms with E-state index in [1.807, 2.05) is 0 Å². The van der Waals surface area contributed by atoms with E-state index in [0.29, 0.717) is 11.3 Å². The van der Waals surface area contributed by atoms with Gasteiger partial charge in [-0.2, -0.15) is 4.57 Å². The maximum Gasteiger partial charge on any atom is 0.290 e. The largest absolute Gasteiger partial charge is 0.365 e. The summed E-state index contributed by atoms with van der Waals surface area (Å²) in [6, 6.07) is 8.66. The Hall–Kier alpha value is -2.76. The van der Waals surface area contributed by atoms with Gasteiger partial charge in [-0.1, -0.05) is 0 Å². The molecule has 20 heavy (non-hydrogen) atoms. The minimum absolute atomic E-state index is 0.0263. The molecule has 0 radical (unpaired) electrons. The SMILES string of the molecule is NC(=O)c1ccc[n+](CC(=O)Nc2ccc(F)cc2)c1. The highest BCUT2D eigenvalue weighted by molar-refractivity contribution is 5.92. The second-order valence-corrected chi connectivity index (χ2v) is 4.18. The van der Waals surface area contributed by atoms with Gasteiger partial charge in [0.15, 0.2) is 12.4 Å². The van der Waals surface area contributed by atoms with Crippen LogP contribution < -0.4 is 15.6 Å². The van der Waals surface area contributed by atoms with E-state index < -0.39 is 5.91 Å². The van der Waals surface area contributed by atoms with Gasteiger partial charge < -0.3 is 11.1 Å². The van der Waals surface area contributed by atoms with Gasteiger partial charge in [-0.25, -0.2) is 4.39 Å². The van der Waals surface area contributed by atoms with Gasteiger partial charge in [0.25, 0.3) is 11.8 Å². The fourth-order valence-corrected chi connectivity index (χ4v) is 1.67. The van der Waals surface area contributed by atoms with Crippen molar-refractivity contribution in [2.24, 2.45) is 5.73 Å². The average molecular weight is 274 g/mol. The lowest BCUT2D eigenvalue weighted by Gasteiger charge is -2.03. The monoisotopic (exact) mass is 274 g/mol. The molecule has 5 nitrogen and oxygen atoms in total. The van der Waals surface area contributed by atoms with Crippen molar-refractivity contribution >= 4 is 17.5 Å². The second kappa shape index (κ2) is 5.92. The second-order valence-electron chi connectivity index (χ2n) is 4.18. The molecule has 0 saturated carbocycles. The Morgan fingerprint density at radius 3 is 2.55 bits per heavy atom. The van der Waals surface area contributed by atoms with Crippen LogP contribution in [0, 0.1) is 5.82 Å². The maximum absolute atomic E-state index is 12.7. The van der Waals surface area contributed by atoms with Crippen LogP contribution in [-0.2, 0) is 11.3 Å². The van der Waals surface area contributed by atoms with Crippen LogP contribution >= 0.6 is 0 Å². The molecule has 0 atom stereocenters. The number of nitrogens with two attached hydrogens (primary N) is 1. The molecule has 2 amide bonds. The Morgan fingerprint density at radius 1 is 1.20 bits per heavy atom. The minimum Gasteiger partial charge on any atom is -0.365 e. The predicted molar refractivity (Wildman–Crippen MR) is 70.2 cm³/mol.